The Balaban J connectivity index is 1.65. The summed E-state index contributed by atoms with van der Waals surface area (Å²) in [6.07, 6.45) is -9.62. The van der Waals surface area contributed by atoms with Crippen LogP contribution in [0.1, 0.15) is 36.1 Å². The summed E-state index contributed by atoms with van der Waals surface area (Å²) in [4.78, 5) is 17.6. The number of nitrogens with zero attached hydrogens (tertiary/aromatic N) is 2. The number of rotatable bonds is 11. The van der Waals surface area contributed by atoms with Crippen LogP contribution in [0.25, 0.3) is 11.3 Å². The maximum Gasteiger partial charge on any atom is 0.416 e. The van der Waals surface area contributed by atoms with E-state index in [2.05, 4.69) is 4.98 Å². The van der Waals surface area contributed by atoms with Gasteiger partial charge in [-0.2, -0.15) is 26.3 Å². The quantitative estimate of drug-likeness (QED) is 0.167. The van der Waals surface area contributed by atoms with Crippen LogP contribution in [0, 0.1) is 0 Å². The first-order valence-corrected chi connectivity index (χ1v) is 14.1. The molecule has 1 heterocycles. The highest BCUT2D eigenvalue weighted by Crippen LogP contribution is 2.39. The van der Waals surface area contributed by atoms with Gasteiger partial charge in [0.05, 0.1) is 23.9 Å². The van der Waals surface area contributed by atoms with Crippen molar-refractivity contribution in [2.24, 2.45) is 0 Å². The first kappa shape index (κ1) is 32.6. The van der Waals surface area contributed by atoms with Gasteiger partial charge in [-0.05, 0) is 67.8 Å². The second-order valence-electron chi connectivity index (χ2n) is 10.3. The van der Waals surface area contributed by atoms with Crippen LogP contribution in [-0.2, 0) is 30.1 Å². The van der Waals surface area contributed by atoms with Gasteiger partial charge >= 0.3 is 18.3 Å². The summed E-state index contributed by atoms with van der Waals surface area (Å²) in [5.41, 5.74) is -2.50. The van der Waals surface area contributed by atoms with E-state index in [1.807, 2.05) is 0 Å². The lowest BCUT2D eigenvalue weighted by Gasteiger charge is -2.25. The summed E-state index contributed by atoms with van der Waals surface area (Å²) in [5.74, 6) is -0.233. The molecular weight excluding hydrogens is 610 g/mol. The summed E-state index contributed by atoms with van der Waals surface area (Å²) in [7, 11) is 1.52. The van der Waals surface area contributed by atoms with Crippen LogP contribution in [-0.4, -0.2) is 35.3 Å². The molecule has 0 atom stereocenters. The van der Waals surface area contributed by atoms with Crippen molar-refractivity contribution in [1.82, 2.24) is 4.98 Å². The zero-order chi connectivity index (χ0) is 32.3. The number of alkyl halides is 6. The third kappa shape index (κ3) is 8.01. The number of aliphatic carboxylic acids is 1. The van der Waals surface area contributed by atoms with Gasteiger partial charge in [0.1, 0.15) is 11.5 Å². The molecule has 0 amide bonds. The van der Waals surface area contributed by atoms with Gasteiger partial charge in [0, 0.05) is 24.0 Å². The van der Waals surface area contributed by atoms with E-state index in [1.165, 1.54) is 32.3 Å². The third-order valence-corrected chi connectivity index (χ3v) is 7.62. The van der Waals surface area contributed by atoms with E-state index in [4.69, 9.17) is 9.47 Å². The van der Waals surface area contributed by atoms with Gasteiger partial charge in [0.15, 0.2) is 10.7 Å². The molecular formula is C31H28F6N2O4S. The standard InChI is InChI=1S/C31H28F6N2O4S/c1-29(2,27(40)41)43-23-11-7-19(8-12-23)13-14-39(28-38-26(18-44-28)20-5-4-6-24(15-20)42-3)17-21-9-10-22(30(32,33)34)16-25(21)31(35,36)37/h4-12,15-16,18H,13-14,17H2,1-3H3,(H,40,41). The minimum Gasteiger partial charge on any atom is -0.497 e. The lowest BCUT2D eigenvalue weighted by atomic mass is 10.0. The minimum atomic E-state index is -5.02. The molecule has 4 rings (SSSR count). The molecule has 0 saturated heterocycles. The van der Waals surface area contributed by atoms with Crippen molar-refractivity contribution in [3.8, 4) is 22.8 Å². The van der Waals surface area contributed by atoms with E-state index in [0.717, 1.165) is 17.2 Å². The van der Waals surface area contributed by atoms with Crippen LogP contribution in [0.5, 0.6) is 11.5 Å². The molecule has 44 heavy (non-hydrogen) atoms. The highest BCUT2D eigenvalue weighted by molar-refractivity contribution is 7.14. The van der Waals surface area contributed by atoms with Gasteiger partial charge < -0.3 is 19.5 Å². The average Bonchev–Trinajstić information content (AvgIpc) is 3.45. The Hall–Kier alpha value is -4.26. The second-order valence-corrected chi connectivity index (χ2v) is 11.2. The molecule has 0 spiro atoms. The number of carboxylic acids is 1. The summed E-state index contributed by atoms with van der Waals surface area (Å²) in [6.45, 7) is 2.63. The van der Waals surface area contributed by atoms with Crippen LogP contribution >= 0.6 is 11.3 Å². The highest BCUT2D eigenvalue weighted by atomic mass is 32.1. The zero-order valence-electron chi connectivity index (χ0n) is 23.8. The number of anilines is 1. The van der Waals surface area contributed by atoms with Crippen molar-refractivity contribution in [2.75, 3.05) is 18.6 Å². The number of carbonyl (C=O) groups is 1. The molecule has 0 saturated carbocycles. The third-order valence-electron chi connectivity index (χ3n) is 6.71. The molecule has 234 valence electrons. The zero-order valence-corrected chi connectivity index (χ0v) is 24.6. The monoisotopic (exact) mass is 638 g/mol. The SMILES string of the molecule is COc1cccc(-c2csc(N(CCc3ccc(OC(C)(C)C(=O)O)cc3)Cc3ccc(C(F)(F)F)cc3C(F)(F)F)n2)c1. The molecule has 0 radical (unpaired) electrons. The molecule has 1 aromatic heterocycles. The number of methoxy groups -OCH3 is 1. The van der Waals surface area contributed by atoms with Crippen LogP contribution in [0.4, 0.5) is 31.5 Å². The molecule has 1 N–H and O–H groups in total. The predicted molar refractivity (Wildman–Crippen MR) is 154 cm³/mol. The fourth-order valence-corrected chi connectivity index (χ4v) is 5.12. The number of halogens is 6. The molecule has 0 aliphatic carbocycles. The molecule has 4 aromatic rings. The Morgan fingerprint density at radius 3 is 2.25 bits per heavy atom. The largest absolute Gasteiger partial charge is 0.497 e. The van der Waals surface area contributed by atoms with E-state index >= 15 is 0 Å². The highest BCUT2D eigenvalue weighted by Gasteiger charge is 2.38. The first-order chi connectivity index (χ1) is 20.6. The number of ether oxygens (including phenoxy) is 2. The lowest BCUT2D eigenvalue weighted by molar-refractivity contribution is -0.152. The lowest BCUT2D eigenvalue weighted by Crippen LogP contribution is -2.37. The van der Waals surface area contributed by atoms with Crippen molar-refractivity contribution in [2.45, 2.75) is 44.8 Å². The van der Waals surface area contributed by atoms with Crippen molar-refractivity contribution in [1.29, 1.82) is 0 Å². The van der Waals surface area contributed by atoms with Crippen molar-refractivity contribution in [3.63, 3.8) is 0 Å². The van der Waals surface area contributed by atoms with Gasteiger partial charge in [-0.15, -0.1) is 11.3 Å². The van der Waals surface area contributed by atoms with Gasteiger partial charge in [-0.3, -0.25) is 0 Å². The summed E-state index contributed by atoms with van der Waals surface area (Å²) in [6, 6.07) is 15.3. The number of hydrogen-bond acceptors (Lipinski definition) is 6. The average molecular weight is 639 g/mol. The number of hydrogen-bond donors (Lipinski definition) is 1. The summed E-state index contributed by atoms with van der Waals surface area (Å²) >= 11 is 1.19. The Labute approximate surface area is 253 Å². The van der Waals surface area contributed by atoms with E-state index < -0.39 is 35.0 Å². The summed E-state index contributed by atoms with van der Waals surface area (Å²) in [5, 5.41) is 11.4. The normalized spacial score (nSPS) is 12.2. The van der Waals surface area contributed by atoms with Gasteiger partial charge in [0.2, 0.25) is 0 Å². The smallest absolute Gasteiger partial charge is 0.416 e. The van der Waals surface area contributed by atoms with Crippen molar-refractivity contribution < 1.29 is 45.7 Å². The number of carboxylic acid groups (broad SMARTS) is 1. The van der Waals surface area contributed by atoms with E-state index in [-0.39, 0.29) is 24.7 Å². The van der Waals surface area contributed by atoms with Crippen molar-refractivity contribution >= 4 is 22.4 Å². The van der Waals surface area contributed by atoms with Crippen LogP contribution in [0.3, 0.4) is 0 Å². The molecule has 0 bridgehead atoms. The Morgan fingerprint density at radius 1 is 0.932 bits per heavy atom. The molecule has 0 aliphatic rings. The van der Waals surface area contributed by atoms with E-state index in [9.17, 15) is 36.2 Å². The minimum absolute atomic E-state index is 0.133. The van der Waals surface area contributed by atoms with Gasteiger partial charge in [0.25, 0.3) is 0 Å². The molecule has 3 aromatic carbocycles. The van der Waals surface area contributed by atoms with E-state index in [0.29, 0.717) is 34.8 Å². The van der Waals surface area contributed by atoms with Crippen LogP contribution in [0.15, 0.2) is 72.1 Å². The van der Waals surface area contributed by atoms with Crippen molar-refractivity contribution in [3.05, 3.63) is 94.4 Å². The Bertz CT molecular complexity index is 1600. The topological polar surface area (TPSA) is 71.9 Å². The maximum atomic E-state index is 14.0. The van der Waals surface area contributed by atoms with Gasteiger partial charge in [-0.1, -0.05) is 30.3 Å². The Morgan fingerprint density at radius 2 is 1.64 bits per heavy atom. The fraction of sp³-hybridized carbons (Fsp3) is 0.290. The van der Waals surface area contributed by atoms with Crippen LogP contribution in [0.2, 0.25) is 0 Å². The maximum absolute atomic E-state index is 14.0. The molecule has 0 fully saturated rings. The second kappa shape index (κ2) is 12.8. The molecule has 0 aliphatic heterocycles. The number of aromatic nitrogens is 1. The number of thiazole rings is 1. The van der Waals surface area contributed by atoms with Gasteiger partial charge in [-0.25, -0.2) is 9.78 Å². The molecule has 6 nitrogen and oxygen atoms in total. The summed E-state index contributed by atoms with van der Waals surface area (Å²) < 4.78 is 92.5. The Kier molecular flexibility index (Phi) is 9.47. The van der Waals surface area contributed by atoms with Crippen LogP contribution < -0.4 is 14.4 Å². The predicted octanol–water partition coefficient (Wildman–Crippen LogP) is 8.35. The fourth-order valence-electron chi connectivity index (χ4n) is 4.25. The number of benzene rings is 3. The van der Waals surface area contributed by atoms with E-state index in [1.54, 1.807) is 58.8 Å². The molecule has 13 heteroatoms. The first-order valence-electron chi connectivity index (χ1n) is 13.2. The molecule has 0 unspecified atom stereocenters.